The molecule has 0 unspecified atom stereocenters. The van der Waals surface area contributed by atoms with Crippen molar-refractivity contribution >= 4 is 32.6 Å². The van der Waals surface area contributed by atoms with Crippen LogP contribution in [0.25, 0.3) is 10.2 Å². The summed E-state index contributed by atoms with van der Waals surface area (Å²) < 4.78 is 19.1. The lowest BCUT2D eigenvalue weighted by Gasteiger charge is -2.20. The maximum absolute atomic E-state index is 13.5. The molecule has 2 aromatic heterocycles. The number of aryl methyl sites for hydroxylation is 1. The Morgan fingerprint density at radius 3 is 2.62 bits per heavy atom. The molecule has 2 aromatic carbocycles. The van der Waals surface area contributed by atoms with Crippen LogP contribution < -0.4 is 19.1 Å². The van der Waals surface area contributed by atoms with Crippen molar-refractivity contribution in [3.8, 4) is 17.2 Å². The Labute approximate surface area is 190 Å². The van der Waals surface area contributed by atoms with Gasteiger partial charge in [0.1, 0.15) is 27.5 Å². The fraction of sp³-hybridized carbons (Fsp3) is 0.261. The van der Waals surface area contributed by atoms with Crippen LogP contribution in [-0.4, -0.2) is 48.3 Å². The summed E-state index contributed by atoms with van der Waals surface area (Å²) in [6.07, 6.45) is 6.14. The summed E-state index contributed by atoms with van der Waals surface area (Å²) in [7, 11) is 4.80. The van der Waals surface area contributed by atoms with Gasteiger partial charge in [0.05, 0.1) is 27.7 Å². The fourth-order valence-electron chi connectivity index (χ4n) is 3.42. The number of carbonyl (C=O) groups excluding carboxylic acids is 1. The lowest BCUT2D eigenvalue weighted by Crippen LogP contribution is -2.32. The Kier molecular flexibility index (Phi) is 6.55. The van der Waals surface area contributed by atoms with Crippen molar-refractivity contribution < 1.29 is 19.0 Å². The number of amides is 1. The molecule has 1 amide bonds. The number of imidazole rings is 1. The Balaban J connectivity index is 1.71. The summed E-state index contributed by atoms with van der Waals surface area (Å²) in [5.41, 5.74) is 1.20. The molecule has 166 valence electrons. The summed E-state index contributed by atoms with van der Waals surface area (Å²) in [4.78, 5) is 24.1. The quantitative estimate of drug-likeness (QED) is 0.378. The molecule has 8 nitrogen and oxygen atoms in total. The molecule has 0 spiro atoms. The summed E-state index contributed by atoms with van der Waals surface area (Å²) in [5, 5.41) is 0.584. The number of rotatable bonds is 9. The van der Waals surface area contributed by atoms with Gasteiger partial charge >= 0.3 is 0 Å². The van der Waals surface area contributed by atoms with Crippen LogP contribution in [-0.2, 0) is 6.54 Å². The summed E-state index contributed by atoms with van der Waals surface area (Å²) in [5.74, 6) is 1.81. The van der Waals surface area contributed by atoms with Crippen LogP contribution in [0.5, 0.6) is 17.2 Å². The third kappa shape index (κ3) is 4.38. The second-order valence-corrected chi connectivity index (χ2v) is 7.96. The van der Waals surface area contributed by atoms with E-state index in [9.17, 15) is 4.79 Å². The van der Waals surface area contributed by atoms with E-state index in [4.69, 9.17) is 19.2 Å². The van der Waals surface area contributed by atoms with Crippen LogP contribution in [0.4, 0.5) is 5.13 Å². The normalized spacial score (nSPS) is 10.8. The number of aromatic nitrogens is 3. The van der Waals surface area contributed by atoms with Crippen LogP contribution in [0.3, 0.4) is 0 Å². The van der Waals surface area contributed by atoms with Crippen molar-refractivity contribution in [1.29, 1.82) is 0 Å². The van der Waals surface area contributed by atoms with Gasteiger partial charge in [-0.25, -0.2) is 9.97 Å². The van der Waals surface area contributed by atoms with E-state index in [0.29, 0.717) is 40.0 Å². The first-order valence-corrected chi connectivity index (χ1v) is 10.9. The predicted molar refractivity (Wildman–Crippen MR) is 124 cm³/mol. The highest BCUT2D eigenvalue weighted by Gasteiger charge is 2.24. The number of benzene rings is 2. The first-order chi connectivity index (χ1) is 15.6. The first kappa shape index (κ1) is 21.6. The van der Waals surface area contributed by atoms with Gasteiger partial charge in [0.15, 0.2) is 5.13 Å². The number of hydrogen-bond acceptors (Lipinski definition) is 7. The van der Waals surface area contributed by atoms with E-state index < -0.39 is 0 Å². The van der Waals surface area contributed by atoms with Crippen molar-refractivity contribution in [1.82, 2.24) is 14.5 Å². The highest BCUT2D eigenvalue weighted by atomic mass is 32.1. The van der Waals surface area contributed by atoms with E-state index in [2.05, 4.69) is 4.98 Å². The van der Waals surface area contributed by atoms with E-state index in [0.717, 1.165) is 17.7 Å². The van der Waals surface area contributed by atoms with Crippen molar-refractivity contribution in [2.75, 3.05) is 32.8 Å². The average Bonchev–Trinajstić information content (AvgIpc) is 3.51. The molecule has 4 aromatic rings. The zero-order chi connectivity index (χ0) is 22.5. The molecule has 0 saturated heterocycles. The molecule has 0 aliphatic carbocycles. The van der Waals surface area contributed by atoms with E-state index >= 15 is 0 Å². The number of methoxy groups -OCH3 is 3. The van der Waals surface area contributed by atoms with Crippen molar-refractivity contribution in [3.63, 3.8) is 0 Å². The monoisotopic (exact) mass is 452 g/mol. The van der Waals surface area contributed by atoms with Gasteiger partial charge in [-0.3, -0.25) is 9.69 Å². The number of hydrogen-bond donors (Lipinski definition) is 0. The third-order valence-corrected chi connectivity index (χ3v) is 6.14. The highest BCUT2D eigenvalue weighted by molar-refractivity contribution is 7.22. The van der Waals surface area contributed by atoms with Crippen LogP contribution in [0, 0.1) is 0 Å². The molecular weight excluding hydrogens is 428 g/mol. The van der Waals surface area contributed by atoms with E-state index in [1.54, 1.807) is 57.0 Å². The van der Waals surface area contributed by atoms with Gasteiger partial charge in [-0.05, 0) is 36.8 Å². The van der Waals surface area contributed by atoms with Gasteiger partial charge in [0.25, 0.3) is 5.91 Å². The van der Waals surface area contributed by atoms with Crippen LogP contribution >= 0.6 is 11.3 Å². The SMILES string of the molecule is COc1cccc(C(=O)N(CCCn2ccnc2)c2nc3c(OC)ccc(OC)c3s2)c1. The summed E-state index contributed by atoms with van der Waals surface area (Å²) in [6.45, 7) is 1.22. The maximum atomic E-state index is 13.5. The Morgan fingerprint density at radius 2 is 1.91 bits per heavy atom. The van der Waals surface area contributed by atoms with E-state index in [1.165, 1.54) is 11.3 Å². The molecule has 2 heterocycles. The molecule has 9 heteroatoms. The topological polar surface area (TPSA) is 78.7 Å². The maximum Gasteiger partial charge on any atom is 0.260 e. The number of ether oxygens (including phenoxy) is 3. The lowest BCUT2D eigenvalue weighted by atomic mass is 10.2. The van der Waals surface area contributed by atoms with Gasteiger partial charge < -0.3 is 18.8 Å². The molecule has 0 bridgehead atoms. The number of carbonyl (C=O) groups is 1. The molecule has 4 rings (SSSR count). The number of fused-ring (bicyclic) bond motifs is 1. The van der Waals surface area contributed by atoms with Gasteiger partial charge in [0, 0.05) is 31.0 Å². The number of anilines is 1. The second-order valence-electron chi connectivity index (χ2n) is 6.99. The van der Waals surface area contributed by atoms with Crippen LogP contribution in [0.2, 0.25) is 0 Å². The lowest BCUT2D eigenvalue weighted by molar-refractivity contribution is 0.0986. The summed E-state index contributed by atoms with van der Waals surface area (Å²) >= 11 is 1.41. The zero-order valence-electron chi connectivity index (χ0n) is 18.1. The van der Waals surface area contributed by atoms with Crippen molar-refractivity contribution in [2.24, 2.45) is 0 Å². The Morgan fingerprint density at radius 1 is 1.09 bits per heavy atom. The largest absolute Gasteiger partial charge is 0.497 e. The molecule has 0 saturated carbocycles. The molecule has 32 heavy (non-hydrogen) atoms. The first-order valence-electron chi connectivity index (χ1n) is 10.1. The molecule has 0 N–H and O–H groups in total. The minimum absolute atomic E-state index is 0.147. The van der Waals surface area contributed by atoms with E-state index in [-0.39, 0.29) is 5.91 Å². The average molecular weight is 453 g/mol. The second kappa shape index (κ2) is 9.69. The zero-order valence-corrected chi connectivity index (χ0v) is 19.0. The van der Waals surface area contributed by atoms with Gasteiger partial charge in [-0.15, -0.1) is 0 Å². The van der Waals surface area contributed by atoms with Gasteiger partial charge in [0.2, 0.25) is 0 Å². The minimum Gasteiger partial charge on any atom is -0.497 e. The standard InChI is InChI=1S/C23H24N4O4S/c1-29-17-7-4-6-16(14-17)22(28)27(12-5-11-26-13-10-24-15-26)23-25-20-18(30-2)8-9-19(31-3)21(20)32-23/h4,6-10,13-15H,5,11-12H2,1-3H3. The van der Waals surface area contributed by atoms with Crippen molar-refractivity contribution in [3.05, 3.63) is 60.7 Å². The molecular formula is C23H24N4O4S. The van der Waals surface area contributed by atoms with Crippen LogP contribution in [0.15, 0.2) is 55.1 Å². The Bertz CT molecular complexity index is 1170. The highest BCUT2D eigenvalue weighted by Crippen LogP contribution is 2.40. The van der Waals surface area contributed by atoms with Gasteiger partial charge in [-0.1, -0.05) is 17.4 Å². The summed E-state index contributed by atoms with van der Waals surface area (Å²) in [6, 6.07) is 10.8. The minimum atomic E-state index is -0.147. The molecule has 0 fully saturated rings. The van der Waals surface area contributed by atoms with Crippen molar-refractivity contribution in [2.45, 2.75) is 13.0 Å². The molecule has 0 aliphatic rings. The smallest absolute Gasteiger partial charge is 0.260 e. The third-order valence-electron chi connectivity index (χ3n) is 5.05. The van der Waals surface area contributed by atoms with Gasteiger partial charge in [-0.2, -0.15) is 0 Å². The fourth-order valence-corrected chi connectivity index (χ4v) is 4.51. The predicted octanol–water partition coefficient (Wildman–Crippen LogP) is 4.26. The molecule has 0 radical (unpaired) electrons. The number of nitrogens with zero attached hydrogens (tertiary/aromatic N) is 4. The molecule has 0 aliphatic heterocycles. The Hall–Kier alpha value is -3.59. The molecule has 0 atom stereocenters. The number of thiazole rings is 1. The van der Waals surface area contributed by atoms with Crippen LogP contribution in [0.1, 0.15) is 16.8 Å². The van der Waals surface area contributed by atoms with E-state index in [1.807, 2.05) is 29.0 Å².